The van der Waals surface area contributed by atoms with E-state index in [-0.39, 0.29) is 82.6 Å². The predicted octanol–water partition coefficient (Wildman–Crippen LogP) is -7.95. The van der Waals surface area contributed by atoms with Gasteiger partial charge in [-0.2, -0.15) is 0 Å². The fourth-order valence-electron chi connectivity index (χ4n) is 1.77. The number of aromatic carboxylic acids is 1. The predicted molar refractivity (Wildman–Crippen MR) is 56.1 cm³/mol. The minimum absolute atomic E-state index is 0. The molecule has 21 heavy (non-hydrogen) atoms. The summed E-state index contributed by atoms with van der Waals surface area (Å²) in [5.74, 6) is -5.62. The van der Waals surface area contributed by atoms with Gasteiger partial charge >= 0.3 is 64.9 Å². The molecule has 1 aliphatic rings. The second-order valence-corrected chi connectivity index (χ2v) is 4.03. The van der Waals surface area contributed by atoms with E-state index in [9.17, 15) is 24.9 Å². The van der Waals surface area contributed by atoms with Gasteiger partial charge in [-0.15, -0.1) is 0 Å². The van der Waals surface area contributed by atoms with E-state index in [4.69, 9.17) is 9.47 Å². The summed E-state index contributed by atoms with van der Waals surface area (Å²) in [5.41, 5.74) is -0.192. The largest absolute Gasteiger partial charge is 1.00 e. The number of carboxylic acids is 2. The van der Waals surface area contributed by atoms with E-state index in [1.54, 1.807) is 0 Å². The standard InChI is InChI=1S/C12H12O7.2Na/c1-2-9(13)12(11(16)17)18-7-4-3-6(10(14)15)5-8(7)19-12;;/h3-5,9,13H,2H2,1H3,(H,14,15)(H,16,17);;/q;2*+1/p-2. The van der Waals surface area contributed by atoms with Crippen molar-refractivity contribution in [3.63, 3.8) is 0 Å². The number of carbonyl (C=O) groups excluding carboxylic acids is 2. The summed E-state index contributed by atoms with van der Waals surface area (Å²) >= 11 is 0. The van der Waals surface area contributed by atoms with Crippen molar-refractivity contribution < 1.29 is 93.5 Å². The minimum atomic E-state index is -2.36. The van der Waals surface area contributed by atoms with Crippen molar-refractivity contribution in [1.29, 1.82) is 0 Å². The van der Waals surface area contributed by atoms with Crippen LogP contribution in [0, 0.1) is 0 Å². The Balaban J connectivity index is 0.00000200. The van der Waals surface area contributed by atoms with Gasteiger partial charge in [0.1, 0.15) is 12.1 Å². The molecule has 9 heteroatoms. The van der Waals surface area contributed by atoms with Gasteiger partial charge in [0, 0.05) is 5.56 Å². The minimum Gasteiger partial charge on any atom is -0.545 e. The molecule has 102 valence electrons. The van der Waals surface area contributed by atoms with Gasteiger partial charge in [0.25, 0.3) is 0 Å². The Morgan fingerprint density at radius 1 is 1.24 bits per heavy atom. The Morgan fingerprint density at radius 3 is 2.29 bits per heavy atom. The third kappa shape index (κ3) is 3.73. The molecule has 1 aromatic rings. The molecule has 2 unspecified atom stereocenters. The first-order valence-electron chi connectivity index (χ1n) is 5.53. The molecule has 0 spiro atoms. The van der Waals surface area contributed by atoms with Crippen LogP contribution in [0.2, 0.25) is 0 Å². The van der Waals surface area contributed by atoms with E-state index in [2.05, 4.69) is 0 Å². The summed E-state index contributed by atoms with van der Waals surface area (Å²) in [4.78, 5) is 21.9. The second-order valence-electron chi connectivity index (χ2n) is 4.03. The molecule has 0 amide bonds. The van der Waals surface area contributed by atoms with Crippen LogP contribution >= 0.6 is 0 Å². The molecule has 7 nitrogen and oxygen atoms in total. The number of carboxylic acid groups (broad SMARTS) is 2. The first kappa shape index (κ1) is 20.7. The Bertz CT molecular complexity index is 548. The average Bonchev–Trinajstić information content (AvgIpc) is 2.77. The Labute approximate surface area is 164 Å². The van der Waals surface area contributed by atoms with Gasteiger partial charge in [0.2, 0.25) is 0 Å². The molecule has 1 N–H and O–H groups in total. The van der Waals surface area contributed by atoms with Crippen LogP contribution < -0.4 is 78.8 Å². The van der Waals surface area contributed by atoms with E-state index >= 15 is 0 Å². The van der Waals surface area contributed by atoms with E-state index < -0.39 is 23.8 Å². The summed E-state index contributed by atoms with van der Waals surface area (Å²) < 4.78 is 10.2. The number of ether oxygens (including phenoxy) is 2. The SMILES string of the molecule is CCC(O)C1(C(=O)[O-])Oc2ccc(C(=O)[O-])cc2O1.[Na+].[Na+]. The molecule has 0 bridgehead atoms. The zero-order valence-electron chi connectivity index (χ0n) is 11.9. The molecule has 1 heterocycles. The molecule has 2 rings (SSSR count). The number of rotatable bonds is 4. The number of hydrogen-bond donors (Lipinski definition) is 1. The van der Waals surface area contributed by atoms with Crippen molar-refractivity contribution >= 4 is 11.9 Å². The number of fused-ring (bicyclic) bond motifs is 1. The second kappa shape index (κ2) is 7.82. The quantitative estimate of drug-likeness (QED) is 0.548. The van der Waals surface area contributed by atoms with Crippen molar-refractivity contribution in [1.82, 2.24) is 0 Å². The van der Waals surface area contributed by atoms with Crippen LogP contribution in [0.3, 0.4) is 0 Å². The molecular weight excluding hydrogens is 302 g/mol. The van der Waals surface area contributed by atoms with Crippen LogP contribution in [0.25, 0.3) is 0 Å². The zero-order valence-corrected chi connectivity index (χ0v) is 15.9. The maximum atomic E-state index is 11.2. The van der Waals surface area contributed by atoms with Crippen molar-refractivity contribution in [3.8, 4) is 11.5 Å². The molecule has 0 aliphatic carbocycles. The number of aliphatic carboxylic acids is 1. The zero-order chi connectivity index (χ0) is 14.2. The summed E-state index contributed by atoms with van der Waals surface area (Å²) in [6.45, 7) is 1.54. The molecule has 1 aliphatic heterocycles. The smallest absolute Gasteiger partial charge is 0.545 e. The molecule has 0 aromatic heterocycles. The topological polar surface area (TPSA) is 119 Å². The van der Waals surface area contributed by atoms with E-state index in [1.807, 2.05) is 0 Å². The van der Waals surface area contributed by atoms with Gasteiger partial charge in [0.15, 0.2) is 11.5 Å². The summed E-state index contributed by atoms with van der Waals surface area (Å²) in [6, 6.07) is 3.48. The summed E-state index contributed by atoms with van der Waals surface area (Å²) in [7, 11) is 0. The van der Waals surface area contributed by atoms with Crippen LogP contribution in [0.4, 0.5) is 0 Å². The van der Waals surface area contributed by atoms with E-state index in [1.165, 1.54) is 19.1 Å². The molecule has 0 fully saturated rings. The fraction of sp³-hybridized carbons (Fsp3) is 0.333. The molecule has 0 saturated heterocycles. The van der Waals surface area contributed by atoms with Crippen molar-refractivity contribution in [2.75, 3.05) is 0 Å². The third-order valence-electron chi connectivity index (χ3n) is 2.81. The Morgan fingerprint density at radius 2 is 1.81 bits per heavy atom. The molecule has 2 atom stereocenters. The maximum absolute atomic E-state index is 11.2. The molecule has 0 saturated carbocycles. The first-order valence-corrected chi connectivity index (χ1v) is 5.53. The fourth-order valence-corrected chi connectivity index (χ4v) is 1.77. The van der Waals surface area contributed by atoms with Crippen LogP contribution in [0.15, 0.2) is 18.2 Å². The monoisotopic (exact) mass is 312 g/mol. The van der Waals surface area contributed by atoms with Gasteiger partial charge in [-0.1, -0.05) is 6.92 Å². The van der Waals surface area contributed by atoms with Gasteiger partial charge in [-0.25, -0.2) is 0 Å². The summed E-state index contributed by atoms with van der Waals surface area (Å²) in [5, 5.41) is 31.6. The van der Waals surface area contributed by atoms with E-state index in [0.29, 0.717) is 0 Å². The molecule has 0 radical (unpaired) electrons. The van der Waals surface area contributed by atoms with Crippen LogP contribution in [-0.4, -0.2) is 28.9 Å². The van der Waals surface area contributed by atoms with Crippen molar-refractivity contribution in [2.45, 2.75) is 25.2 Å². The molecular formula is C12H10Na2O7. The van der Waals surface area contributed by atoms with Gasteiger partial charge < -0.3 is 34.4 Å². The number of benzene rings is 1. The van der Waals surface area contributed by atoms with Crippen LogP contribution in [-0.2, 0) is 4.79 Å². The average molecular weight is 312 g/mol. The van der Waals surface area contributed by atoms with E-state index in [0.717, 1.165) is 6.07 Å². The van der Waals surface area contributed by atoms with Crippen LogP contribution in [0.5, 0.6) is 11.5 Å². The van der Waals surface area contributed by atoms with Crippen LogP contribution in [0.1, 0.15) is 23.7 Å². The third-order valence-corrected chi connectivity index (χ3v) is 2.81. The Hall–Kier alpha value is -0.280. The molecule has 1 aromatic carbocycles. The number of aliphatic hydroxyl groups is 1. The number of aliphatic hydroxyl groups excluding tert-OH is 1. The normalized spacial score (nSPS) is 19.9. The van der Waals surface area contributed by atoms with Crippen molar-refractivity contribution in [2.24, 2.45) is 0 Å². The number of hydrogen-bond acceptors (Lipinski definition) is 7. The first-order chi connectivity index (χ1) is 8.90. The number of carbonyl (C=O) groups is 2. The van der Waals surface area contributed by atoms with Gasteiger partial charge in [-0.3, -0.25) is 0 Å². The van der Waals surface area contributed by atoms with Gasteiger partial charge in [0.05, 0.1) is 5.97 Å². The maximum Gasteiger partial charge on any atom is 1.00 e. The summed E-state index contributed by atoms with van der Waals surface area (Å²) in [6.07, 6.45) is -1.41. The van der Waals surface area contributed by atoms with Crippen molar-refractivity contribution in [3.05, 3.63) is 23.8 Å². The van der Waals surface area contributed by atoms with Gasteiger partial charge in [-0.05, 0) is 24.6 Å². The Kier molecular flexibility index (Phi) is 7.72.